The molecule has 1 aromatic rings. The summed E-state index contributed by atoms with van der Waals surface area (Å²) in [7, 11) is -7.40. The monoisotopic (exact) mass is 1020 g/mol. The molecule has 17 heteroatoms. The van der Waals surface area contributed by atoms with Gasteiger partial charge in [-0.05, 0) is 110 Å². The molecule has 2 heterocycles. The van der Waals surface area contributed by atoms with E-state index < -0.39 is 73.0 Å². The number of hydrogen-bond donors (Lipinski definition) is 1. The molecule has 10 atom stereocenters. The second kappa shape index (κ2) is 24.9. The van der Waals surface area contributed by atoms with Gasteiger partial charge in [0.2, 0.25) is 0 Å². The van der Waals surface area contributed by atoms with Gasteiger partial charge < -0.3 is 37.6 Å². The number of aryl methyl sites for hydroxylation is 1. The molecule has 1 N–H and O–H groups in total. The second-order valence-electron chi connectivity index (χ2n) is 22.2. The van der Waals surface area contributed by atoms with Crippen LogP contribution in [0.5, 0.6) is 0 Å². The molecular weight excluding hydrogens is 929 g/mol. The normalized spacial score (nSPS) is 24.3. The summed E-state index contributed by atoms with van der Waals surface area (Å²) in [4.78, 5) is 0.215. The molecule has 1 unspecified atom stereocenters. The first-order valence-corrected chi connectivity index (χ1v) is 33.5. The molecule has 2 aliphatic heterocycles. The first-order chi connectivity index (χ1) is 30.8. The fraction of sp³-hybridized carbons (Fsp3) is 0.800. The fourth-order valence-corrected chi connectivity index (χ4v) is 13.3. The highest BCUT2D eigenvalue weighted by molar-refractivity contribution is 7.91. The highest BCUT2D eigenvalue weighted by Gasteiger charge is 2.50. The Hall–Kier alpha value is -1.33. The van der Waals surface area contributed by atoms with Gasteiger partial charge in [-0.25, -0.2) is 8.42 Å². The molecular formula is C50H90O13S2Si2. The van der Waals surface area contributed by atoms with Crippen molar-refractivity contribution in [2.24, 2.45) is 11.8 Å². The van der Waals surface area contributed by atoms with E-state index in [2.05, 4.69) is 80.9 Å². The van der Waals surface area contributed by atoms with Gasteiger partial charge in [0, 0.05) is 46.5 Å². The molecule has 0 spiro atoms. The van der Waals surface area contributed by atoms with Crippen LogP contribution in [0.3, 0.4) is 0 Å². The lowest BCUT2D eigenvalue weighted by molar-refractivity contribution is -0.112. The summed E-state index contributed by atoms with van der Waals surface area (Å²) in [6.07, 6.45) is 0.693. The molecule has 13 nitrogen and oxygen atoms in total. The van der Waals surface area contributed by atoms with E-state index in [1.54, 1.807) is 33.5 Å². The summed E-state index contributed by atoms with van der Waals surface area (Å²) in [6, 6.07) is 6.98. The molecule has 0 aliphatic carbocycles. The summed E-state index contributed by atoms with van der Waals surface area (Å²) in [5.74, 6) is -1.30. The van der Waals surface area contributed by atoms with Gasteiger partial charge in [0.25, 0.3) is 10.1 Å². The number of rotatable bonds is 28. The number of benzene rings is 1. The molecule has 2 aliphatic rings. The van der Waals surface area contributed by atoms with Gasteiger partial charge in [-0.2, -0.15) is 8.42 Å². The van der Waals surface area contributed by atoms with E-state index in [1.165, 1.54) is 0 Å². The van der Waals surface area contributed by atoms with Crippen molar-refractivity contribution in [3.8, 4) is 0 Å². The number of aliphatic hydroxyl groups is 1. The highest BCUT2D eigenvalue weighted by atomic mass is 32.2. The lowest BCUT2D eigenvalue weighted by Gasteiger charge is -2.42. The molecule has 0 saturated carbocycles. The molecule has 3 rings (SSSR count). The Morgan fingerprint density at radius 3 is 1.99 bits per heavy atom. The third-order valence-electron chi connectivity index (χ3n) is 14.9. The van der Waals surface area contributed by atoms with Gasteiger partial charge in [0.15, 0.2) is 32.8 Å². The van der Waals surface area contributed by atoms with Crippen LogP contribution in [0.1, 0.15) is 112 Å². The lowest BCUT2D eigenvalue weighted by Crippen LogP contribution is -2.49. The first-order valence-electron chi connectivity index (χ1n) is 24.2. The van der Waals surface area contributed by atoms with Crippen molar-refractivity contribution in [2.45, 2.75) is 209 Å². The van der Waals surface area contributed by atoms with Crippen molar-refractivity contribution in [3.05, 3.63) is 54.1 Å². The molecule has 67 heavy (non-hydrogen) atoms. The van der Waals surface area contributed by atoms with Crippen molar-refractivity contribution in [3.63, 3.8) is 0 Å². The summed E-state index contributed by atoms with van der Waals surface area (Å²) in [6.45, 7) is 34.9. The number of aliphatic hydroxyl groups excluding tert-OH is 1. The Morgan fingerprint density at radius 1 is 0.866 bits per heavy atom. The number of hydrogen-bond acceptors (Lipinski definition) is 13. The van der Waals surface area contributed by atoms with Gasteiger partial charge in [-0.3, -0.25) is 4.18 Å². The van der Waals surface area contributed by atoms with E-state index in [-0.39, 0.29) is 64.1 Å². The van der Waals surface area contributed by atoms with Crippen LogP contribution >= 0.6 is 0 Å². The predicted octanol–water partition coefficient (Wildman–Crippen LogP) is 9.79. The van der Waals surface area contributed by atoms with Crippen LogP contribution in [0.4, 0.5) is 0 Å². The Morgan fingerprint density at radius 2 is 1.46 bits per heavy atom. The van der Waals surface area contributed by atoms with E-state index >= 15 is 0 Å². The minimum atomic E-state index is -3.84. The average Bonchev–Trinajstić information content (AvgIpc) is 3.73. The third kappa shape index (κ3) is 17.7. The van der Waals surface area contributed by atoms with Gasteiger partial charge in [0.05, 0.1) is 72.3 Å². The van der Waals surface area contributed by atoms with E-state index in [0.29, 0.717) is 44.3 Å². The van der Waals surface area contributed by atoms with Crippen molar-refractivity contribution in [2.75, 3.05) is 39.9 Å². The maximum absolute atomic E-state index is 14.3. The van der Waals surface area contributed by atoms with Crippen molar-refractivity contribution < 1.29 is 58.7 Å². The van der Waals surface area contributed by atoms with E-state index in [0.717, 1.165) is 30.2 Å². The van der Waals surface area contributed by atoms with E-state index in [9.17, 15) is 21.9 Å². The number of ether oxygens (including phenoxy) is 5. The zero-order chi connectivity index (χ0) is 50.9. The van der Waals surface area contributed by atoms with Crippen LogP contribution < -0.4 is 0 Å². The molecule has 1 aromatic carbocycles. The Kier molecular flexibility index (Phi) is 22.3. The maximum Gasteiger partial charge on any atom is 0.264 e. The topological polar surface area (TPSA) is 162 Å². The van der Waals surface area contributed by atoms with Crippen molar-refractivity contribution in [1.82, 2.24) is 0 Å². The summed E-state index contributed by atoms with van der Waals surface area (Å²) >= 11 is 0. The first kappa shape index (κ1) is 60.0. The summed E-state index contributed by atoms with van der Waals surface area (Å²) in [5.41, 5.74) is 2.44. The highest BCUT2D eigenvalue weighted by Crippen LogP contribution is 2.43. The van der Waals surface area contributed by atoms with E-state index in [4.69, 9.17) is 36.7 Å². The zero-order valence-electron chi connectivity index (χ0n) is 44.0. The molecule has 0 aromatic heterocycles. The molecule has 0 radical (unpaired) electrons. The van der Waals surface area contributed by atoms with Crippen LogP contribution in [0.25, 0.3) is 0 Å². The average molecular weight is 1020 g/mol. The smallest absolute Gasteiger partial charge is 0.264 e. The van der Waals surface area contributed by atoms with Crippen molar-refractivity contribution in [1.29, 1.82) is 0 Å². The van der Waals surface area contributed by atoms with Crippen LogP contribution in [-0.2, 0) is 63.1 Å². The van der Waals surface area contributed by atoms with E-state index in [1.807, 2.05) is 26.0 Å². The standard InChI is InChI=1S/C50H90O13S2Si2/c1-19-37-20-24-41(25-21-37)65(54,55)33-42-45(61-46(48(42)58-13)30-40(63-67(17,18)50(8,9)10)32-59-66(15,16)49(5,6)7)31-43(51)36(4)34(2)28-39(62-64(14,52)53)22-26-44-35(3)29-38(60-44)23-27-47(56-11)57-12/h20-21,24-25,34,38-40,42-48,51H,3-4,19,22-23,26-33H2,1-2,5-18H3/t34-,38+,39-,40?,42+,43-,44+,45+,46-,48-/m1/s1. The number of sulfone groups is 1. The molecule has 388 valence electrons. The second-order valence-corrected chi connectivity index (χ2v) is 35.4. The number of methoxy groups -OCH3 is 3. The van der Waals surface area contributed by atoms with Crippen LogP contribution in [0.15, 0.2) is 53.5 Å². The molecule has 0 amide bonds. The molecule has 2 saturated heterocycles. The molecule has 2 fully saturated rings. The SMILES string of the molecule is C=C([C@H](C)C[C@@H](CC[C@@H]1O[C@@H](CCC(OC)OC)CC1=C)OS(C)(=O)=O)[C@H](O)C[C@@H]1O[C@H](CC(CO[Si](C)(C)C(C)(C)C)O[Si](C)(C)C(C)(C)C)[C@H](OC)[C@H]1CS(=O)(=O)c1ccc(CC)cc1. The van der Waals surface area contributed by atoms with Gasteiger partial charge in [-0.15, -0.1) is 0 Å². The Bertz CT molecular complexity index is 1940. The lowest BCUT2D eigenvalue weighted by atomic mass is 9.86. The largest absolute Gasteiger partial charge is 0.414 e. The van der Waals surface area contributed by atoms with Gasteiger partial charge in [-0.1, -0.05) is 80.7 Å². The summed E-state index contributed by atoms with van der Waals surface area (Å²) in [5, 5.41) is 11.9. The zero-order valence-corrected chi connectivity index (χ0v) is 47.6. The van der Waals surface area contributed by atoms with Crippen LogP contribution in [-0.4, -0.2) is 134 Å². The summed E-state index contributed by atoms with van der Waals surface area (Å²) < 4.78 is 103. The Balaban J connectivity index is 1.90. The molecule has 0 bridgehead atoms. The minimum absolute atomic E-state index is 0.0255. The fourth-order valence-electron chi connectivity index (χ4n) is 8.57. The van der Waals surface area contributed by atoms with Crippen LogP contribution in [0.2, 0.25) is 36.3 Å². The minimum Gasteiger partial charge on any atom is -0.414 e. The predicted molar refractivity (Wildman–Crippen MR) is 273 cm³/mol. The van der Waals surface area contributed by atoms with Gasteiger partial charge in [0.1, 0.15) is 0 Å². The Labute approximate surface area is 408 Å². The maximum atomic E-state index is 14.3. The van der Waals surface area contributed by atoms with Crippen LogP contribution in [0, 0.1) is 11.8 Å². The third-order valence-corrected chi connectivity index (χ3v) is 26.4. The van der Waals surface area contributed by atoms with Crippen molar-refractivity contribution >= 4 is 36.6 Å². The van der Waals surface area contributed by atoms with Gasteiger partial charge >= 0.3 is 0 Å². The quantitative estimate of drug-likeness (QED) is 0.0366.